The highest BCUT2D eigenvalue weighted by atomic mass is 19.3. The number of benzene rings is 2. The number of hydrogen-bond donors (Lipinski definition) is 2. The molecule has 25 heavy (non-hydrogen) atoms. The molecule has 1 atom stereocenters. The van der Waals surface area contributed by atoms with Gasteiger partial charge in [0.1, 0.15) is 0 Å². The second-order valence-electron chi connectivity index (χ2n) is 6.14. The summed E-state index contributed by atoms with van der Waals surface area (Å²) in [6, 6.07) is 10.2. The van der Waals surface area contributed by atoms with Crippen LogP contribution in [0.1, 0.15) is 30.0 Å². The van der Waals surface area contributed by atoms with Gasteiger partial charge < -0.3 is 19.9 Å². The first-order chi connectivity index (χ1) is 11.9. The quantitative estimate of drug-likeness (QED) is 0.849. The van der Waals surface area contributed by atoms with E-state index in [4.69, 9.17) is 5.11 Å². The van der Waals surface area contributed by atoms with Crippen LogP contribution in [0.2, 0.25) is 0 Å². The summed E-state index contributed by atoms with van der Waals surface area (Å²) in [4.78, 5) is 10.9. The van der Waals surface area contributed by atoms with E-state index in [0.717, 1.165) is 41.5 Å². The molecule has 4 rings (SSSR count). The minimum atomic E-state index is -3.63. The Hall–Kier alpha value is -2.83. The summed E-state index contributed by atoms with van der Waals surface area (Å²) >= 11 is 0. The molecule has 0 saturated heterocycles. The zero-order valence-corrected chi connectivity index (χ0v) is 13.1. The van der Waals surface area contributed by atoms with E-state index in [1.807, 2.05) is 18.2 Å². The van der Waals surface area contributed by atoms with Crippen molar-refractivity contribution in [3.05, 3.63) is 47.5 Å². The number of rotatable bonds is 2. The summed E-state index contributed by atoms with van der Waals surface area (Å²) in [7, 11) is 0. The molecule has 1 aliphatic carbocycles. The number of carboxylic acid groups (broad SMARTS) is 1. The first-order valence-corrected chi connectivity index (χ1v) is 7.94. The molecule has 5 nitrogen and oxygen atoms in total. The van der Waals surface area contributed by atoms with Gasteiger partial charge in [0.25, 0.3) is 0 Å². The predicted molar refractivity (Wildman–Crippen MR) is 84.9 cm³/mol. The summed E-state index contributed by atoms with van der Waals surface area (Å²) < 4.78 is 35.2. The Kier molecular flexibility index (Phi) is 3.52. The van der Waals surface area contributed by atoms with Gasteiger partial charge in [0.05, 0.1) is 6.04 Å². The van der Waals surface area contributed by atoms with Crippen LogP contribution < -0.4 is 14.8 Å². The predicted octanol–water partition coefficient (Wildman–Crippen LogP) is 4.32. The number of hydrogen-bond acceptors (Lipinski definition) is 3. The third-order valence-corrected chi connectivity index (χ3v) is 4.49. The Balaban J connectivity index is 1.66. The zero-order chi connectivity index (χ0) is 17.6. The molecule has 0 fully saturated rings. The van der Waals surface area contributed by atoms with Crippen LogP contribution in [-0.2, 0) is 6.42 Å². The van der Waals surface area contributed by atoms with Crippen LogP contribution in [0.4, 0.5) is 13.6 Å². The van der Waals surface area contributed by atoms with Crippen molar-refractivity contribution in [3.63, 3.8) is 0 Å². The molecule has 0 spiro atoms. The van der Waals surface area contributed by atoms with E-state index in [-0.39, 0.29) is 17.5 Å². The van der Waals surface area contributed by atoms with Crippen molar-refractivity contribution in [1.29, 1.82) is 0 Å². The summed E-state index contributed by atoms with van der Waals surface area (Å²) in [6.07, 6.45) is -2.18. The van der Waals surface area contributed by atoms with Crippen LogP contribution in [0.25, 0.3) is 11.1 Å². The van der Waals surface area contributed by atoms with E-state index in [1.54, 1.807) is 6.07 Å². The third-order valence-electron chi connectivity index (χ3n) is 4.49. The molecule has 2 aromatic rings. The van der Waals surface area contributed by atoms with Gasteiger partial charge in [0.15, 0.2) is 11.5 Å². The fourth-order valence-electron chi connectivity index (χ4n) is 3.42. The Morgan fingerprint density at radius 1 is 1.12 bits per heavy atom. The molecule has 2 N–H and O–H groups in total. The number of carbonyl (C=O) groups is 1. The van der Waals surface area contributed by atoms with Crippen molar-refractivity contribution in [3.8, 4) is 22.6 Å². The number of nitrogens with one attached hydrogen (secondary N) is 1. The third kappa shape index (κ3) is 2.97. The molecule has 1 unspecified atom stereocenters. The summed E-state index contributed by atoms with van der Waals surface area (Å²) in [6.45, 7) is 0. The molecule has 1 heterocycles. The van der Waals surface area contributed by atoms with Crippen molar-refractivity contribution in [2.24, 2.45) is 0 Å². The monoisotopic (exact) mass is 347 g/mol. The van der Waals surface area contributed by atoms with E-state index in [1.165, 1.54) is 12.1 Å². The Bertz CT molecular complexity index is 853. The molecule has 0 bridgehead atoms. The molecule has 0 aromatic heterocycles. The largest absolute Gasteiger partial charge is 0.586 e. The van der Waals surface area contributed by atoms with Crippen molar-refractivity contribution >= 4 is 6.09 Å². The maximum absolute atomic E-state index is 13.1. The molecule has 1 aliphatic heterocycles. The number of alkyl halides is 2. The van der Waals surface area contributed by atoms with E-state index in [0.29, 0.717) is 0 Å². The Morgan fingerprint density at radius 2 is 1.84 bits per heavy atom. The number of halogens is 2. The maximum Gasteiger partial charge on any atom is 0.586 e. The summed E-state index contributed by atoms with van der Waals surface area (Å²) in [5.41, 5.74) is 3.61. The number of fused-ring (bicyclic) bond motifs is 2. The first-order valence-electron chi connectivity index (χ1n) is 7.94. The minimum Gasteiger partial charge on any atom is -0.465 e. The van der Waals surface area contributed by atoms with Crippen molar-refractivity contribution in [2.75, 3.05) is 0 Å². The number of ether oxygens (including phenoxy) is 2. The van der Waals surface area contributed by atoms with Crippen LogP contribution in [-0.4, -0.2) is 17.5 Å². The molecule has 1 amide bonds. The smallest absolute Gasteiger partial charge is 0.465 e. The minimum absolute atomic E-state index is 0.00522. The van der Waals surface area contributed by atoms with E-state index < -0.39 is 12.4 Å². The standard InChI is InChI=1S/C18H15F2NO4/c19-18(20)24-15-7-5-11(9-16(15)25-18)10-4-6-13-12(8-10)2-1-3-14(13)21-17(22)23/h4-9,14,21H,1-3H2,(H,22,23). The van der Waals surface area contributed by atoms with Crippen molar-refractivity contribution in [1.82, 2.24) is 5.32 Å². The summed E-state index contributed by atoms with van der Waals surface area (Å²) in [5.74, 6) is 0.0167. The molecule has 0 saturated carbocycles. The lowest BCUT2D eigenvalue weighted by Crippen LogP contribution is -2.29. The number of aryl methyl sites for hydroxylation is 1. The van der Waals surface area contributed by atoms with E-state index in [2.05, 4.69) is 14.8 Å². The summed E-state index contributed by atoms with van der Waals surface area (Å²) in [5, 5.41) is 11.5. The highest BCUT2D eigenvalue weighted by molar-refractivity contribution is 5.70. The molecule has 2 aliphatic rings. The van der Waals surface area contributed by atoms with Crippen LogP contribution in [0.3, 0.4) is 0 Å². The Morgan fingerprint density at radius 3 is 2.64 bits per heavy atom. The first kappa shape index (κ1) is 15.7. The van der Waals surface area contributed by atoms with Gasteiger partial charge in [0.2, 0.25) is 0 Å². The number of amides is 1. The molecule has 7 heteroatoms. The molecule has 130 valence electrons. The van der Waals surface area contributed by atoms with Gasteiger partial charge in [0, 0.05) is 0 Å². The van der Waals surface area contributed by atoms with Crippen molar-refractivity contribution < 1.29 is 28.2 Å². The van der Waals surface area contributed by atoms with E-state index >= 15 is 0 Å². The van der Waals surface area contributed by atoms with Gasteiger partial charge in [-0.05, 0) is 53.6 Å². The molecular formula is C18H15F2NO4. The van der Waals surface area contributed by atoms with Gasteiger partial charge in [-0.15, -0.1) is 8.78 Å². The van der Waals surface area contributed by atoms with Crippen molar-refractivity contribution in [2.45, 2.75) is 31.6 Å². The highest BCUT2D eigenvalue weighted by Gasteiger charge is 2.43. The normalized spacial score (nSPS) is 20.0. The lowest BCUT2D eigenvalue weighted by molar-refractivity contribution is -0.286. The Labute approximate surface area is 142 Å². The molecule has 0 radical (unpaired) electrons. The second-order valence-corrected chi connectivity index (χ2v) is 6.14. The van der Waals surface area contributed by atoms with Gasteiger partial charge in [-0.25, -0.2) is 4.79 Å². The van der Waals surface area contributed by atoms with Gasteiger partial charge in [-0.3, -0.25) is 0 Å². The maximum atomic E-state index is 13.1. The van der Waals surface area contributed by atoms with Gasteiger partial charge >= 0.3 is 12.4 Å². The molecule has 2 aromatic carbocycles. The second kappa shape index (κ2) is 5.61. The fourth-order valence-corrected chi connectivity index (χ4v) is 3.42. The lowest BCUT2D eigenvalue weighted by Gasteiger charge is -2.26. The topological polar surface area (TPSA) is 67.8 Å². The zero-order valence-electron chi connectivity index (χ0n) is 13.1. The highest BCUT2D eigenvalue weighted by Crippen LogP contribution is 2.43. The van der Waals surface area contributed by atoms with Crippen LogP contribution in [0.5, 0.6) is 11.5 Å². The van der Waals surface area contributed by atoms with Crippen LogP contribution in [0, 0.1) is 0 Å². The van der Waals surface area contributed by atoms with Crippen LogP contribution >= 0.6 is 0 Å². The SMILES string of the molecule is O=C(O)NC1CCCc2cc(-c3ccc4c(c3)OC(F)(F)O4)ccc21. The van der Waals surface area contributed by atoms with Gasteiger partial charge in [-0.1, -0.05) is 24.3 Å². The average molecular weight is 347 g/mol. The van der Waals surface area contributed by atoms with E-state index in [9.17, 15) is 13.6 Å². The lowest BCUT2D eigenvalue weighted by atomic mass is 9.85. The average Bonchev–Trinajstić information content (AvgIpc) is 2.87. The van der Waals surface area contributed by atoms with Gasteiger partial charge in [-0.2, -0.15) is 0 Å². The van der Waals surface area contributed by atoms with Crippen LogP contribution in [0.15, 0.2) is 36.4 Å². The fraction of sp³-hybridized carbons (Fsp3) is 0.278. The molecular weight excluding hydrogens is 332 g/mol.